The molecule has 0 radical (unpaired) electrons. The third kappa shape index (κ3) is 6.33. The molecule has 0 aliphatic heterocycles. The summed E-state index contributed by atoms with van der Waals surface area (Å²) in [6, 6.07) is 20.4. The molecule has 0 amide bonds. The van der Waals surface area contributed by atoms with Crippen molar-refractivity contribution < 1.29 is 23.8 Å². The lowest BCUT2D eigenvalue weighted by atomic mass is 9.58. The monoisotopic (exact) mass is 570 g/mol. The van der Waals surface area contributed by atoms with E-state index in [0.29, 0.717) is 26.1 Å². The quantitative estimate of drug-likeness (QED) is 0.250. The van der Waals surface area contributed by atoms with Crippen LogP contribution in [0, 0.1) is 16.7 Å². The van der Waals surface area contributed by atoms with Crippen LogP contribution in [-0.2, 0) is 37.0 Å². The first kappa shape index (κ1) is 30.4. The van der Waals surface area contributed by atoms with Crippen molar-refractivity contribution in [3.63, 3.8) is 0 Å². The number of ketones is 1. The maximum absolute atomic E-state index is 13.6. The van der Waals surface area contributed by atoms with Crippen LogP contribution < -0.4 is 0 Å². The van der Waals surface area contributed by atoms with Crippen LogP contribution >= 0.6 is 0 Å². The molecule has 0 heterocycles. The molecule has 0 N–H and O–H groups in total. The zero-order valence-electron chi connectivity index (χ0n) is 26.1. The van der Waals surface area contributed by atoms with Crippen molar-refractivity contribution in [2.45, 2.75) is 105 Å². The lowest BCUT2D eigenvalue weighted by Crippen LogP contribution is -2.49. The van der Waals surface area contributed by atoms with Gasteiger partial charge in [-0.15, -0.1) is 0 Å². The summed E-state index contributed by atoms with van der Waals surface area (Å²) in [6.45, 7) is 13.0. The van der Waals surface area contributed by atoms with E-state index in [4.69, 9.17) is 14.2 Å². The smallest absolute Gasteiger partial charge is 0.311 e. The number of hydrogen-bond donors (Lipinski definition) is 0. The van der Waals surface area contributed by atoms with E-state index in [2.05, 4.69) is 38.1 Å². The maximum atomic E-state index is 13.6. The van der Waals surface area contributed by atoms with Gasteiger partial charge in [-0.3, -0.25) is 9.59 Å². The summed E-state index contributed by atoms with van der Waals surface area (Å²) in [5.74, 6) is 0.0606. The molecule has 2 aromatic rings. The first-order valence-electron chi connectivity index (χ1n) is 15.4. The molecule has 0 spiro atoms. The minimum Gasteiger partial charge on any atom is -0.457 e. The van der Waals surface area contributed by atoms with Crippen LogP contribution in [0.3, 0.4) is 0 Å². The highest BCUT2D eigenvalue weighted by Crippen LogP contribution is 2.53. The molecule has 0 saturated carbocycles. The van der Waals surface area contributed by atoms with E-state index in [1.54, 1.807) is 0 Å². The summed E-state index contributed by atoms with van der Waals surface area (Å²) in [5.41, 5.74) is 5.43. The number of fused-ring (bicyclic) bond motifs is 2. The Bertz CT molecular complexity index is 1350. The lowest BCUT2D eigenvalue weighted by Gasteiger charge is -2.50. The molecule has 224 valence electrons. The predicted molar refractivity (Wildman–Crippen MR) is 164 cm³/mol. The van der Waals surface area contributed by atoms with Gasteiger partial charge < -0.3 is 14.2 Å². The second-order valence-corrected chi connectivity index (χ2v) is 13.8. The molecular formula is C37H46O5. The Morgan fingerprint density at radius 3 is 2.00 bits per heavy atom. The molecule has 2 aromatic carbocycles. The van der Waals surface area contributed by atoms with Crippen LogP contribution in [0.2, 0.25) is 0 Å². The fraction of sp³-hybridized carbons (Fsp3) is 0.514. The van der Waals surface area contributed by atoms with Crippen LogP contribution in [0.15, 0.2) is 83.0 Å². The minimum atomic E-state index is -0.600. The average Bonchev–Trinajstić information content (AvgIpc) is 2.95. The van der Waals surface area contributed by atoms with Gasteiger partial charge in [0, 0.05) is 6.42 Å². The molecule has 0 unspecified atom stereocenters. The van der Waals surface area contributed by atoms with E-state index < -0.39 is 17.6 Å². The van der Waals surface area contributed by atoms with Crippen molar-refractivity contribution in [3.05, 3.63) is 94.1 Å². The summed E-state index contributed by atoms with van der Waals surface area (Å²) in [5, 5.41) is 0. The highest BCUT2D eigenvalue weighted by Gasteiger charge is 2.50. The Morgan fingerprint density at radius 1 is 0.857 bits per heavy atom. The first-order chi connectivity index (χ1) is 20.0. The molecule has 2 bridgehead atoms. The van der Waals surface area contributed by atoms with Crippen LogP contribution in [0.4, 0.5) is 0 Å². The summed E-state index contributed by atoms with van der Waals surface area (Å²) >= 11 is 0. The Labute approximate surface area is 251 Å². The molecule has 3 aliphatic rings. The summed E-state index contributed by atoms with van der Waals surface area (Å²) in [6.07, 6.45) is 2.57. The number of Topliss-reactive ketones (excluding diaryl/α,β-unsaturated/α-hetero) is 1. The number of hydrogen-bond acceptors (Lipinski definition) is 5. The summed E-state index contributed by atoms with van der Waals surface area (Å²) in [4.78, 5) is 26.7. The van der Waals surface area contributed by atoms with Gasteiger partial charge in [0.05, 0.1) is 18.6 Å². The number of benzene rings is 2. The average molecular weight is 571 g/mol. The normalized spacial score (nSPS) is 25.9. The van der Waals surface area contributed by atoms with E-state index in [1.165, 1.54) is 5.57 Å². The molecular weight excluding hydrogens is 524 g/mol. The second-order valence-electron chi connectivity index (χ2n) is 13.8. The van der Waals surface area contributed by atoms with E-state index in [1.807, 2.05) is 64.1 Å². The van der Waals surface area contributed by atoms with Gasteiger partial charge >= 0.3 is 5.97 Å². The summed E-state index contributed by atoms with van der Waals surface area (Å²) in [7, 11) is 0. The van der Waals surface area contributed by atoms with Crippen LogP contribution in [0.5, 0.6) is 0 Å². The third-order valence-electron chi connectivity index (χ3n) is 9.46. The topological polar surface area (TPSA) is 61.8 Å². The number of ether oxygens (including phenoxy) is 3. The SMILES string of the molecule is CC1=C2[C@@H](OCc3ccccc3)[C@H](OCc3ccccc3)C3=C(C[C@H](CC1=O)C2(C)C)[C@H](OC(=O)C(C)(C)C)CCC3. The lowest BCUT2D eigenvalue weighted by molar-refractivity contribution is -0.158. The first-order valence-corrected chi connectivity index (χ1v) is 15.4. The van der Waals surface area contributed by atoms with Crippen molar-refractivity contribution in [1.29, 1.82) is 0 Å². The zero-order chi connectivity index (χ0) is 30.1. The largest absolute Gasteiger partial charge is 0.457 e. The standard InChI is InChI=1S/C37H46O5/c1-24-30(38)21-27-20-29-28(18-13-19-31(29)42-35(39)36(2,3)4)33(40-22-25-14-9-7-10-15-25)34(32(24)37(27,5)6)41-23-26-16-11-8-12-17-26/h7-12,14-17,27,31,33-34H,13,18-23H2,1-6H3/t27-,31-,33-,34-/m1/s1. The molecule has 0 aromatic heterocycles. The number of carbonyl (C=O) groups is 2. The van der Waals surface area contributed by atoms with Gasteiger partial charge in [-0.05, 0) is 98.1 Å². The zero-order valence-corrected chi connectivity index (χ0v) is 26.1. The van der Waals surface area contributed by atoms with Crippen molar-refractivity contribution in [3.8, 4) is 0 Å². The molecule has 0 saturated heterocycles. The van der Waals surface area contributed by atoms with Gasteiger partial charge in [-0.1, -0.05) is 74.5 Å². The number of carbonyl (C=O) groups excluding carboxylic acids is 2. The second kappa shape index (κ2) is 12.3. The Balaban J connectivity index is 1.64. The number of rotatable bonds is 7. The van der Waals surface area contributed by atoms with E-state index in [-0.39, 0.29) is 29.2 Å². The highest BCUT2D eigenvalue weighted by atomic mass is 16.5. The minimum absolute atomic E-state index is 0.0838. The van der Waals surface area contributed by atoms with Gasteiger partial charge in [0.2, 0.25) is 0 Å². The molecule has 42 heavy (non-hydrogen) atoms. The van der Waals surface area contributed by atoms with Gasteiger partial charge in [-0.2, -0.15) is 0 Å². The summed E-state index contributed by atoms with van der Waals surface area (Å²) < 4.78 is 20.0. The van der Waals surface area contributed by atoms with E-state index in [0.717, 1.165) is 47.1 Å². The molecule has 5 nitrogen and oxygen atoms in total. The van der Waals surface area contributed by atoms with Crippen molar-refractivity contribution in [2.75, 3.05) is 0 Å². The van der Waals surface area contributed by atoms with Crippen LogP contribution in [-0.4, -0.2) is 30.1 Å². The van der Waals surface area contributed by atoms with Crippen LogP contribution in [0.25, 0.3) is 0 Å². The molecule has 5 rings (SSSR count). The predicted octanol–water partition coefficient (Wildman–Crippen LogP) is 7.93. The molecule has 5 heteroatoms. The Morgan fingerprint density at radius 2 is 1.43 bits per heavy atom. The fourth-order valence-electron chi connectivity index (χ4n) is 6.91. The van der Waals surface area contributed by atoms with Gasteiger partial charge in [0.15, 0.2) is 5.78 Å². The van der Waals surface area contributed by atoms with Crippen molar-refractivity contribution in [2.24, 2.45) is 16.7 Å². The fourth-order valence-corrected chi connectivity index (χ4v) is 6.91. The van der Waals surface area contributed by atoms with Gasteiger partial charge in [0.1, 0.15) is 18.3 Å². The third-order valence-corrected chi connectivity index (χ3v) is 9.46. The van der Waals surface area contributed by atoms with E-state index in [9.17, 15) is 9.59 Å². The van der Waals surface area contributed by atoms with Crippen molar-refractivity contribution in [1.82, 2.24) is 0 Å². The molecule has 4 atom stereocenters. The number of allylic oxidation sites excluding steroid dienone is 1. The molecule has 0 fully saturated rings. The Kier molecular flexibility index (Phi) is 8.91. The van der Waals surface area contributed by atoms with Gasteiger partial charge in [0.25, 0.3) is 0 Å². The highest BCUT2D eigenvalue weighted by molar-refractivity contribution is 5.97. The number of esters is 1. The van der Waals surface area contributed by atoms with Crippen LogP contribution in [0.1, 0.15) is 84.8 Å². The van der Waals surface area contributed by atoms with Crippen molar-refractivity contribution >= 4 is 11.8 Å². The van der Waals surface area contributed by atoms with E-state index >= 15 is 0 Å². The van der Waals surface area contributed by atoms with Gasteiger partial charge in [-0.25, -0.2) is 0 Å². The Hall–Kier alpha value is -3.02. The molecule has 3 aliphatic carbocycles. The maximum Gasteiger partial charge on any atom is 0.311 e.